The van der Waals surface area contributed by atoms with E-state index in [2.05, 4.69) is 9.46 Å². The van der Waals surface area contributed by atoms with Crippen LogP contribution < -0.4 is 4.72 Å². The van der Waals surface area contributed by atoms with E-state index in [0.717, 1.165) is 25.3 Å². The number of hydrogen-bond donors (Lipinski definition) is 2. The summed E-state index contributed by atoms with van der Waals surface area (Å²) in [5, 5.41) is 9.02. The Kier molecular flexibility index (Phi) is 5.61. The number of benzene rings is 1. The Balaban J connectivity index is 3.29. The Morgan fingerprint density at radius 3 is 2.65 bits per heavy atom. The third-order valence-electron chi connectivity index (χ3n) is 2.67. The summed E-state index contributed by atoms with van der Waals surface area (Å²) in [6.07, 6.45) is 0.346. The van der Waals surface area contributed by atoms with E-state index in [1.165, 1.54) is 0 Å². The molecule has 1 aromatic carbocycles. The number of halogens is 1. The zero-order chi connectivity index (χ0) is 15.3. The highest BCUT2D eigenvalue weighted by Gasteiger charge is 2.25. The smallest absolute Gasteiger partial charge is 0.339 e. The Bertz CT molecular complexity index is 584. The van der Waals surface area contributed by atoms with Crippen LogP contribution >= 0.6 is 0 Å². The molecule has 20 heavy (non-hydrogen) atoms. The van der Waals surface area contributed by atoms with Crippen molar-refractivity contribution in [2.75, 3.05) is 13.7 Å². The number of ether oxygens (including phenoxy) is 1. The number of methoxy groups -OCH3 is 1. The average Bonchev–Trinajstić information content (AvgIpc) is 2.43. The molecular weight excluding hydrogens is 289 g/mol. The van der Waals surface area contributed by atoms with Crippen LogP contribution in [0.3, 0.4) is 0 Å². The van der Waals surface area contributed by atoms with Crippen molar-refractivity contribution >= 4 is 16.0 Å². The number of sulfonamides is 1. The van der Waals surface area contributed by atoms with Crippen LogP contribution in [0.15, 0.2) is 23.1 Å². The van der Waals surface area contributed by atoms with Crippen molar-refractivity contribution in [2.45, 2.75) is 24.3 Å². The van der Waals surface area contributed by atoms with Crippen LogP contribution in [-0.2, 0) is 14.8 Å². The van der Waals surface area contributed by atoms with Gasteiger partial charge in [0.1, 0.15) is 5.82 Å². The maximum atomic E-state index is 13.3. The second kappa shape index (κ2) is 6.78. The molecule has 0 aromatic heterocycles. The molecule has 2 N–H and O–H groups in total. The molecule has 1 unspecified atom stereocenters. The van der Waals surface area contributed by atoms with Gasteiger partial charge < -0.3 is 9.84 Å². The normalized spacial score (nSPS) is 13.0. The third kappa shape index (κ3) is 3.75. The standard InChI is InChI=1S/C12H16FNO5S/c1-3-9(7-15)14-20(17,18)11-6-8(13)4-5-10(11)12(16)19-2/h4-6,9,14-15H,3,7H2,1-2H3. The van der Waals surface area contributed by atoms with Gasteiger partial charge in [0, 0.05) is 6.04 Å². The summed E-state index contributed by atoms with van der Waals surface area (Å²) < 4.78 is 44.2. The van der Waals surface area contributed by atoms with Gasteiger partial charge in [0.25, 0.3) is 0 Å². The molecule has 112 valence electrons. The van der Waals surface area contributed by atoms with E-state index >= 15 is 0 Å². The summed E-state index contributed by atoms with van der Waals surface area (Å²) in [5.74, 6) is -1.68. The van der Waals surface area contributed by atoms with Gasteiger partial charge in [-0.3, -0.25) is 0 Å². The lowest BCUT2D eigenvalue weighted by Crippen LogP contribution is -2.37. The Hall–Kier alpha value is -1.51. The molecular formula is C12H16FNO5S. The quantitative estimate of drug-likeness (QED) is 0.753. The van der Waals surface area contributed by atoms with Crippen molar-refractivity contribution < 1.29 is 27.4 Å². The minimum atomic E-state index is -4.14. The fourth-order valence-corrected chi connectivity index (χ4v) is 3.05. The molecule has 0 heterocycles. The van der Waals surface area contributed by atoms with E-state index in [-0.39, 0.29) is 5.56 Å². The monoisotopic (exact) mass is 305 g/mol. The molecule has 0 amide bonds. The van der Waals surface area contributed by atoms with Crippen LogP contribution in [0.1, 0.15) is 23.7 Å². The molecule has 0 fully saturated rings. The Morgan fingerprint density at radius 2 is 2.15 bits per heavy atom. The van der Waals surface area contributed by atoms with Crippen LogP contribution in [0.25, 0.3) is 0 Å². The van der Waals surface area contributed by atoms with Gasteiger partial charge in [-0.1, -0.05) is 6.92 Å². The number of esters is 1. The predicted octanol–water partition coefficient (Wildman–Crippen LogP) is 0.662. The van der Waals surface area contributed by atoms with Gasteiger partial charge >= 0.3 is 5.97 Å². The molecule has 1 aromatic rings. The number of aliphatic hydroxyl groups excluding tert-OH is 1. The SMILES string of the molecule is CCC(CO)NS(=O)(=O)c1cc(F)ccc1C(=O)OC. The van der Waals surface area contributed by atoms with E-state index in [1.807, 2.05) is 0 Å². The summed E-state index contributed by atoms with van der Waals surface area (Å²) in [7, 11) is -3.05. The van der Waals surface area contributed by atoms with Gasteiger partial charge in [0.15, 0.2) is 0 Å². The average molecular weight is 305 g/mol. The number of rotatable bonds is 6. The van der Waals surface area contributed by atoms with E-state index in [1.54, 1.807) is 6.92 Å². The molecule has 1 atom stereocenters. The highest BCUT2D eigenvalue weighted by Crippen LogP contribution is 2.19. The van der Waals surface area contributed by atoms with Crippen molar-refractivity contribution in [2.24, 2.45) is 0 Å². The first-order chi connectivity index (χ1) is 9.35. The molecule has 0 saturated carbocycles. The summed E-state index contributed by atoms with van der Waals surface area (Å²) >= 11 is 0. The van der Waals surface area contributed by atoms with Crippen LogP contribution in [0.4, 0.5) is 4.39 Å². The molecule has 0 spiro atoms. The summed E-state index contributed by atoms with van der Waals surface area (Å²) in [5.41, 5.74) is -0.269. The summed E-state index contributed by atoms with van der Waals surface area (Å²) in [6.45, 7) is 1.27. The van der Waals surface area contributed by atoms with Gasteiger partial charge in [0.05, 0.1) is 24.2 Å². The molecule has 0 saturated heterocycles. The van der Waals surface area contributed by atoms with E-state index in [0.29, 0.717) is 6.42 Å². The molecule has 8 heteroatoms. The van der Waals surface area contributed by atoms with Gasteiger partial charge in [-0.15, -0.1) is 0 Å². The van der Waals surface area contributed by atoms with Gasteiger partial charge in [-0.2, -0.15) is 0 Å². The molecule has 0 bridgehead atoms. The maximum absolute atomic E-state index is 13.3. The largest absolute Gasteiger partial charge is 0.465 e. The lowest BCUT2D eigenvalue weighted by Gasteiger charge is -2.16. The van der Waals surface area contributed by atoms with E-state index < -0.39 is 39.4 Å². The topological polar surface area (TPSA) is 92.7 Å². The van der Waals surface area contributed by atoms with Crippen molar-refractivity contribution in [3.05, 3.63) is 29.6 Å². The van der Waals surface area contributed by atoms with Crippen LogP contribution in [0.2, 0.25) is 0 Å². The van der Waals surface area contributed by atoms with Crippen molar-refractivity contribution in [3.63, 3.8) is 0 Å². The molecule has 6 nitrogen and oxygen atoms in total. The lowest BCUT2D eigenvalue weighted by molar-refractivity contribution is 0.0596. The van der Waals surface area contributed by atoms with E-state index in [9.17, 15) is 17.6 Å². The number of nitrogens with one attached hydrogen (secondary N) is 1. The van der Waals surface area contributed by atoms with Crippen molar-refractivity contribution in [3.8, 4) is 0 Å². The van der Waals surface area contributed by atoms with Gasteiger partial charge in [-0.05, 0) is 24.6 Å². The second-order valence-corrected chi connectivity index (χ2v) is 5.72. The van der Waals surface area contributed by atoms with Crippen LogP contribution in [0.5, 0.6) is 0 Å². The number of aliphatic hydroxyl groups is 1. The summed E-state index contributed by atoms with van der Waals surface area (Å²) in [6, 6.07) is 2.02. The molecule has 0 aliphatic carbocycles. The molecule has 0 radical (unpaired) electrons. The van der Waals surface area contributed by atoms with Crippen molar-refractivity contribution in [1.29, 1.82) is 0 Å². The molecule has 0 aliphatic rings. The fourth-order valence-electron chi connectivity index (χ4n) is 1.53. The number of carbonyl (C=O) groups excluding carboxylic acids is 1. The second-order valence-electron chi connectivity index (χ2n) is 4.04. The maximum Gasteiger partial charge on any atom is 0.339 e. The Morgan fingerprint density at radius 1 is 1.50 bits per heavy atom. The lowest BCUT2D eigenvalue weighted by atomic mass is 10.2. The van der Waals surface area contributed by atoms with E-state index in [4.69, 9.17) is 5.11 Å². The predicted molar refractivity (Wildman–Crippen MR) is 69.2 cm³/mol. The van der Waals surface area contributed by atoms with Gasteiger partial charge in [-0.25, -0.2) is 22.3 Å². The zero-order valence-corrected chi connectivity index (χ0v) is 11.9. The van der Waals surface area contributed by atoms with Gasteiger partial charge in [0.2, 0.25) is 10.0 Å². The van der Waals surface area contributed by atoms with Crippen LogP contribution in [0, 0.1) is 5.82 Å². The third-order valence-corrected chi connectivity index (χ3v) is 4.23. The fraction of sp³-hybridized carbons (Fsp3) is 0.417. The zero-order valence-electron chi connectivity index (χ0n) is 11.1. The minimum absolute atomic E-state index is 0.269. The first-order valence-corrected chi connectivity index (χ1v) is 7.35. The summed E-state index contributed by atoms with van der Waals surface area (Å²) in [4.78, 5) is 11.0. The number of carbonyl (C=O) groups is 1. The molecule has 0 aliphatic heterocycles. The first kappa shape index (κ1) is 16.5. The molecule has 1 rings (SSSR count). The van der Waals surface area contributed by atoms with Crippen LogP contribution in [-0.4, -0.2) is 39.3 Å². The Labute approximate surface area is 116 Å². The first-order valence-electron chi connectivity index (χ1n) is 5.86. The minimum Gasteiger partial charge on any atom is -0.465 e. The highest BCUT2D eigenvalue weighted by molar-refractivity contribution is 7.89. The van der Waals surface area contributed by atoms with Crippen molar-refractivity contribution in [1.82, 2.24) is 4.72 Å². The highest BCUT2D eigenvalue weighted by atomic mass is 32.2. The number of hydrogen-bond acceptors (Lipinski definition) is 5.